The number of nitrogens with zero attached hydrogens (tertiary/aromatic N) is 1. The number of fused-ring (bicyclic) bond motifs is 2. The van der Waals surface area contributed by atoms with Crippen LogP contribution in [-0.4, -0.2) is 15.0 Å². The van der Waals surface area contributed by atoms with Gasteiger partial charge < -0.3 is 9.97 Å². The number of nitrogens with one attached hydrogen (secondary N) is 2. The van der Waals surface area contributed by atoms with Gasteiger partial charge in [0.1, 0.15) is 5.82 Å². The highest BCUT2D eigenvalue weighted by Crippen LogP contribution is 2.25. The molecule has 0 aliphatic carbocycles. The van der Waals surface area contributed by atoms with Crippen LogP contribution in [0, 0.1) is 5.82 Å². The SMILES string of the molecule is O=c1[nH]c2ccc(-c3ccc(F)cc3)cc2nc1-c1cc2ccccc2[nH]1. The van der Waals surface area contributed by atoms with Crippen LogP contribution >= 0.6 is 0 Å². The van der Waals surface area contributed by atoms with Crippen LogP contribution in [0.4, 0.5) is 4.39 Å². The van der Waals surface area contributed by atoms with Crippen molar-refractivity contribution in [1.29, 1.82) is 0 Å². The smallest absolute Gasteiger partial charge is 0.276 e. The van der Waals surface area contributed by atoms with E-state index in [0.717, 1.165) is 22.0 Å². The molecule has 2 heterocycles. The molecule has 130 valence electrons. The highest BCUT2D eigenvalue weighted by atomic mass is 19.1. The fourth-order valence-corrected chi connectivity index (χ4v) is 3.29. The van der Waals surface area contributed by atoms with Gasteiger partial charge in [-0.25, -0.2) is 9.37 Å². The maximum absolute atomic E-state index is 13.2. The van der Waals surface area contributed by atoms with E-state index >= 15 is 0 Å². The summed E-state index contributed by atoms with van der Waals surface area (Å²) in [6, 6.07) is 21.6. The molecule has 5 aromatic rings. The number of hydrogen-bond donors (Lipinski definition) is 2. The van der Waals surface area contributed by atoms with Gasteiger partial charge >= 0.3 is 0 Å². The van der Waals surface area contributed by atoms with Gasteiger partial charge in [-0.05, 0) is 47.5 Å². The Labute approximate surface area is 153 Å². The van der Waals surface area contributed by atoms with Crippen molar-refractivity contribution in [2.24, 2.45) is 0 Å². The number of hydrogen-bond acceptors (Lipinski definition) is 2. The van der Waals surface area contributed by atoms with Gasteiger partial charge in [0.15, 0.2) is 5.69 Å². The van der Waals surface area contributed by atoms with E-state index in [1.807, 2.05) is 48.5 Å². The minimum absolute atomic E-state index is 0.247. The summed E-state index contributed by atoms with van der Waals surface area (Å²) in [6.45, 7) is 0. The van der Waals surface area contributed by atoms with Gasteiger partial charge in [-0.15, -0.1) is 0 Å². The Kier molecular flexibility index (Phi) is 3.40. The third kappa shape index (κ3) is 2.69. The van der Waals surface area contributed by atoms with E-state index in [1.54, 1.807) is 12.1 Å². The molecular formula is C22H14FN3O. The fourth-order valence-electron chi connectivity index (χ4n) is 3.29. The Morgan fingerprint density at radius 1 is 0.778 bits per heavy atom. The second kappa shape index (κ2) is 5.92. The van der Waals surface area contributed by atoms with Crippen molar-refractivity contribution in [3.05, 3.63) is 89.0 Å². The second-order valence-corrected chi connectivity index (χ2v) is 6.42. The summed E-state index contributed by atoms with van der Waals surface area (Å²) in [5.41, 5.74) is 4.85. The first-order valence-corrected chi connectivity index (χ1v) is 8.55. The van der Waals surface area contributed by atoms with Crippen molar-refractivity contribution in [2.75, 3.05) is 0 Å². The summed E-state index contributed by atoms with van der Waals surface area (Å²) in [5.74, 6) is -0.275. The lowest BCUT2D eigenvalue weighted by Gasteiger charge is -2.05. The van der Waals surface area contributed by atoms with Crippen LogP contribution in [0.1, 0.15) is 0 Å². The predicted octanol–water partition coefficient (Wildman–Crippen LogP) is 4.88. The molecule has 0 fully saturated rings. The van der Waals surface area contributed by atoms with Crippen molar-refractivity contribution in [3.8, 4) is 22.5 Å². The van der Waals surface area contributed by atoms with Gasteiger partial charge in [0.05, 0.1) is 16.7 Å². The monoisotopic (exact) mass is 355 g/mol. The Morgan fingerprint density at radius 3 is 2.37 bits per heavy atom. The number of H-pyrrole nitrogens is 2. The zero-order valence-corrected chi connectivity index (χ0v) is 14.2. The minimum Gasteiger partial charge on any atom is -0.353 e. The van der Waals surface area contributed by atoms with E-state index in [9.17, 15) is 9.18 Å². The molecule has 5 rings (SSSR count). The van der Waals surface area contributed by atoms with E-state index < -0.39 is 0 Å². The molecule has 0 radical (unpaired) electrons. The molecule has 0 aliphatic rings. The molecule has 0 bridgehead atoms. The molecular weight excluding hydrogens is 341 g/mol. The number of halogens is 1. The van der Waals surface area contributed by atoms with Crippen molar-refractivity contribution >= 4 is 21.9 Å². The average molecular weight is 355 g/mol. The Hall–Kier alpha value is -3.73. The lowest BCUT2D eigenvalue weighted by molar-refractivity contribution is 0.628. The number of aromatic amines is 2. The van der Waals surface area contributed by atoms with E-state index in [-0.39, 0.29) is 11.4 Å². The summed E-state index contributed by atoms with van der Waals surface area (Å²) >= 11 is 0. The van der Waals surface area contributed by atoms with Crippen LogP contribution in [0.15, 0.2) is 77.6 Å². The zero-order chi connectivity index (χ0) is 18.4. The average Bonchev–Trinajstić information content (AvgIpc) is 3.11. The van der Waals surface area contributed by atoms with Gasteiger partial charge in [-0.3, -0.25) is 4.79 Å². The Bertz CT molecular complexity index is 1320. The Balaban J connectivity index is 1.68. The lowest BCUT2D eigenvalue weighted by Crippen LogP contribution is -2.11. The molecule has 27 heavy (non-hydrogen) atoms. The fraction of sp³-hybridized carbons (Fsp3) is 0. The number of aromatic nitrogens is 3. The largest absolute Gasteiger partial charge is 0.353 e. The zero-order valence-electron chi connectivity index (χ0n) is 14.2. The van der Waals surface area contributed by atoms with Crippen LogP contribution in [-0.2, 0) is 0 Å². The maximum Gasteiger partial charge on any atom is 0.276 e. The minimum atomic E-state index is -0.275. The predicted molar refractivity (Wildman–Crippen MR) is 105 cm³/mol. The van der Waals surface area contributed by atoms with E-state index in [0.29, 0.717) is 22.4 Å². The van der Waals surface area contributed by atoms with E-state index in [1.165, 1.54) is 12.1 Å². The molecule has 2 aromatic heterocycles. The first kappa shape index (κ1) is 15.5. The molecule has 0 aliphatic heterocycles. The molecule has 5 heteroatoms. The van der Waals surface area contributed by atoms with Gasteiger partial charge in [0, 0.05) is 10.9 Å². The quantitative estimate of drug-likeness (QED) is 0.474. The summed E-state index contributed by atoms with van der Waals surface area (Å²) < 4.78 is 13.2. The second-order valence-electron chi connectivity index (χ2n) is 6.42. The first-order chi connectivity index (χ1) is 13.2. The van der Waals surface area contributed by atoms with Gasteiger partial charge in [-0.2, -0.15) is 0 Å². The molecule has 0 spiro atoms. The van der Waals surface area contributed by atoms with Gasteiger partial charge in [0.2, 0.25) is 0 Å². The van der Waals surface area contributed by atoms with Crippen LogP contribution in [0.25, 0.3) is 44.5 Å². The summed E-state index contributed by atoms with van der Waals surface area (Å²) in [6.07, 6.45) is 0. The number of benzene rings is 3. The molecule has 3 aromatic carbocycles. The standard InChI is InChI=1S/C22H14FN3O/c23-16-8-5-13(6-9-16)14-7-10-18-19(11-14)25-21(22(27)26-18)20-12-15-3-1-2-4-17(15)24-20/h1-12,24H,(H,26,27). The van der Waals surface area contributed by atoms with Crippen molar-refractivity contribution in [3.63, 3.8) is 0 Å². The summed E-state index contributed by atoms with van der Waals surface area (Å²) in [5, 5.41) is 1.02. The lowest BCUT2D eigenvalue weighted by atomic mass is 10.0. The third-order valence-corrected chi connectivity index (χ3v) is 4.66. The van der Waals surface area contributed by atoms with Crippen LogP contribution in [0.2, 0.25) is 0 Å². The van der Waals surface area contributed by atoms with E-state index in [2.05, 4.69) is 15.0 Å². The summed E-state index contributed by atoms with van der Waals surface area (Å²) in [4.78, 5) is 23.3. The van der Waals surface area contributed by atoms with Gasteiger partial charge in [-0.1, -0.05) is 36.4 Å². The van der Waals surface area contributed by atoms with Crippen molar-refractivity contribution in [2.45, 2.75) is 0 Å². The molecule has 0 saturated carbocycles. The molecule has 0 unspecified atom stereocenters. The molecule has 0 atom stereocenters. The van der Waals surface area contributed by atoms with Gasteiger partial charge in [0.25, 0.3) is 5.56 Å². The molecule has 4 nitrogen and oxygen atoms in total. The Morgan fingerprint density at radius 2 is 1.56 bits per heavy atom. The third-order valence-electron chi connectivity index (χ3n) is 4.66. The van der Waals surface area contributed by atoms with Crippen LogP contribution in [0.5, 0.6) is 0 Å². The van der Waals surface area contributed by atoms with E-state index in [4.69, 9.17) is 0 Å². The van der Waals surface area contributed by atoms with Crippen molar-refractivity contribution in [1.82, 2.24) is 15.0 Å². The number of para-hydroxylation sites is 1. The highest BCUT2D eigenvalue weighted by molar-refractivity contribution is 5.87. The number of rotatable bonds is 2. The first-order valence-electron chi connectivity index (χ1n) is 8.55. The van der Waals surface area contributed by atoms with Crippen LogP contribution < -0.4 is 5.56 Å². The molecule has 0 amide bonds. The van der Waals surface area contributed by atoms with Crippen molar-refractivity contribution < 1.29 is 4.39 Å². The molecule has 0 saturated heterocycles. The maximum atomic E-state index is 13.2. The normalized spacial score (nSPS) is 11.3. The van der Waals surface area contributed by atoms with Crippen LogP contribution in [0.3, 0.4) is 0 Å². The highest BCUT2D eigenvalue weighted by Gasteiger charge is 2.11. The molecule has 2 N–H and O–H groups in total. The topological polar surface area (TPSA) is 61.5 Å². The summed E-state index contributed by atoms with van der Waals surface area (Å²) in [7, 11) is 0.